The van der Waals surface area contributed by atoms with Crippen molar-refractivity contribution in [3.8, 4) is 6.07 Å². The van der Waals surface area contributed by atoms with Gasteiger partial charge in [0.1, 0.15) is 0 Å². The fourth-order valence-corrected chi connectivity index (χ4v) is 2.15. The summed E-state index contributed by atoms with van der Waals surface area (Å²) in [5, 5.41) is 12.2. The van der Waals surface area contributed by atoms with E-state index in [0.717, 1.165) is 18.7 Å². The number of benzene rings is 1. The number of nitrogens with zero attached hydrogens (tertiary/aromatic N) is 1. The van der Waals surface area contributed by atoms with Crippen LogP contribution in [0.1, 0.15) is 30.4 Å². The van der Waals surface area contributed by atoms with Crippen molar-refractivity contribution in [3.05, 3.63) is 35.4 Å². The maximum atomic E-state index is 8.78. The Balaban J connectivity index is 2.12. The normalized spacial score (nSPS) is 10.1. The number of nitriles is 1. The first-order chi connectivity index (χ1) is 8.36. The third kappa shape index (κ3) is 6.35. The third-order valence-corrected chi connectivity index (χ3v) is 3.28. The van der Waals surface area contributed by atoms with E-state index in [1.165, 1.54) is 30.6 Å². The lowest BCUT2D eigenvalue weighted by molar-refractivity contribution is 0.618. The van der Waals surface area contributed by atoms with Gasteiger partial charge in [-0.3, -0.25) is 0 Å². The molecule has 0 heterocycles. The van der Waals surface area contributed by atoms with Crippen LogP contribution in [0.4, 0.5) is 0 Å². The molecule has 1 aromatic carbocycles. The fourth-order valence-electron chi connectivity index (χ4n) is 1.66. The molecule has 0 bridgehead atoms. The van der Waals surface area contributed by atoms with E-state index in [0.29, 0.717) is 0 Å². The first kappa shape index (κ1) is 14.1. The van der Waals surface area contributed by atoms with E-state index in [9.17, 15) is 0 Å². The van der Waals surface area contributed by atoms with Gasteiger partial charge in [-0.05, 0) is 49.1 Å². The largest absolute Gasteiger partial charge is 0.313 e. The summed E-state index contributed by atoms with van der Waals surface area (Å²) in [4.78, 5) is 0. The van der Waals surface area contributed by atoms with Crippen LogP contribution in [0.25, 0.3) is 0 Å². The first-order valence-corrected chi connectivity index (χ1v) is 7.45. The van der Waals surface area contributed by atoms with Crippen LogP contribution in [0.5, 0.6) is 0 Å². The van der Waals surface area contributed by atoms with E-state index in [2.05, 4.69) is 23.7 Å². The summed E-state index contributed by atoms with van der Waals surface area (Å²) < 4.78 is 0. The minimum atomic E-state index is 0.740. The summed E-state index contributed by atoms with van der Waals surface area (Å²) in [6, 6.07) is 9.94. The Morgan fingerprint density at radius 3 is 2.94 bits per heavy atom. The van der Waals surface area contributed by atoms with Gasteiger partial charge in [0, 0.05) is 6.54 Å². The molecule has 0 spiro atoms. The predicted octanol–water partition coefficient (Wildman–Crippen LogP) is 3.18. The molecule has 0 unspecified atom stereocenters. The van der Waals surface area contributed by atoms with Crippen LogP contribution in [0.15, 0.2) is 24.3 Å². The highest BCUT2D eigenvalue weighted by Crippen LogP contribution is 2.04. The zero-order valence-electron chi connectivity index (χ0n) is 10.4. The van der Waals surface area contributed by atoms with Crippen LogP contribution in [0.2, 0.25) is 0 Å². The second-order valence-electron chi connectivity index (χ2n) is 4.04. The van der Waals surface area contributed by atoms with Gasteiger partial charge in [-0.1, -0.05) is 18.6 Å². The van der Waals surface area contributed by atoms with Crippen LogP contribution in [0.3, 0.4) is 0 Å². The highest BCUT2D eigenvalue weighted by molar-refractivity contribution is 7.98. The lowest BCUT2D eigenvalue weighted by Gasteiger charge is -2.05. The molecule has 1 N–H and O–H groups in total. The SMILES string of the molecule is CSCCCCCNCc1cccc(C#N)c1. The van der Waals surface area contributed by atoms with Crippen molar-refractivity contribution in [2.45, 2.75) is 25.8 Å². The Bertz CT molecular complexity index is 357. The molecule has 0 saturated heterocycles. The van der Waals surface area contributed by atoms with Crippen LogP contribution >= 0.6 is 11.8 Å². The lowest BCUT2D eigenvalue weighted by atomic mass is 10.1. The summed E-state index contributed by atoms with van der Waals surface area (Å²) in [6.07, 6.45) is 6.00. The van der Waals surface area contributed by atoms with Crippen LogP contribution in [0, 0.1) is 11.3 Å². The van der Waals surface area contributed by atoms with Crippen LogP contribution in [-0.2, 0) is 6.54 Å². The monoisotopic (exact) mass is 248 g/mol. The van der Waals surface area contributed by atoms with Gasteiger partial charge in [0.05, 0.1) is 11.6 Å². The predicted molar refractivity (Wildman–Crippen MR) is 75.1 cm³/mol. The maximum Gasteiger partial charge on any atom is 0.0991 e. The molecule has 2 nitrogen and oxygen atoms in total. The maximum absolute atomic E-state index is 8.78. The first-order valence-electron chi connectivity index (χ1n) is 6.05. The van der Waals surface area contributed by atoms with Crippen molar-refractivity contribution in [1.82, 2.24) is 5.32 Å². The van der Waals surface area contributed by atoms with Gasteiger partial charge in [-0.15, -0.1) is 0 Å². The molecular formula is C14H20N2S. The molecule has 1 aromatic rings. The van der Waals surface area contributed by atoms with Crippen LogP contribution < -0.4 is 5.32 Å². The van der Waals surface area contributed by atoms with E-state index in [1.807, 2.05) is 30.0 Å². The smallest absolute Gasteiger partial charge is 0.0991 e. The molecule has 0 aliphatic carbocycles. The van der Waals surface area contributed by atoms with E-state index in [1.54, 1.807) is 0 Å². The van der Waals surface area contributed by atoms with Gasteiger partial charge in [0.2, 0.25) is 0 Å². The number of thioether (sulfide) groups is 1. The zero-order valence-corrected chi connectivity index (χ0v) is 11.2. The minimum absolute atomic E-state index is 0.740. The summed E-state index contributed by atoms with van der Waals surface area (Å²) in [7, 11) is 0. The highest BCUT2D eigenvalue weighted by atomic mass is 32.2. The van der Waals surface area contributed by atoms with E-state index >= 15 is 0 Å². The van der Waals surface area contributed by atoms with Gasteiger partial charge < -0.3 is 5.32 Å². The minimum Gasteiger partial charge on any atom is -0.313 e. The molecule has 1 rings (SSSR count). The fraction of sp³-hybridized carbons (Fsp3) is 0.500. The standard InChI is InChI=1S/C14H20N2S/c1-17-9-4-2-3-8-16-12-14-7-5-6-13(10-14)11-15/h5-7,10,16H,2-4,8-9,12H2,1H3. The molecule has 0 fully saturated rings. The number of unbranched alkanes of at least 4 members (excludes halogenated alkanes) is 2. The van der Waals surface area contributed by atoms with Gasteiger partial charge in [0.25, 0.3) is 0 Å². The quantitative estimate of drug-likeness (QED) is 0.718. The number of hydrogen-bond acceptors (Lipinski definition) is 3. The van der Waals surface area contributed by atoms with Crippen LogP contribution in [-0.4, -0.2) is 18.6 Å². The van der Waals surface area contributed by atoms with E-state index in [4.69, 9.17) is 5.26 Å². The Morgan fingerprint density at radius 2 is 2.18 bits per heavy atom. The summed E-state index contributed by atoms with van der Waals surface area (Å²) in [5.41, 5.74) is 1.93. The van der Waals surface area contributed by atoms with Gasteiger partial charge >= 0.3 is 0 Å². The zero-order chi connectivity index (χ0) is 12.3. The Labute approximate surface area is 108 Å². The number of rotatable bonds is 8. The highest BCUT2D eigenvalue weighted by Gasteiger charge is 1.95. The van der Waals surface area contributed by atoms with E-state index in [-0.39, 0.29) is 0 Å². The molecular weight excluding hydrogens is 228 g/mol. The average Bonchev–Trinajstić information content (AvgIpc) is 2.38. The summed E-state index contributed by atoms with van der Waals surface area (Å²) in [6.45, 7) is 1.92. The molecule has 0 aliphatic rings. The van der Waals surface area contributed by atoms with Crippen molar-refractivity contribution in [1.29, 1.82) is 5.26 Å². The Kier molecular flexibility index (Phi) is 7.53. The van der Waals surface area contributed by atoms with Gasteiger partial charge in [0.15, 0.2) is 0 Å². The van der Waals surface area contributed by atoms with E-state index < -0.39 is 0 Å². The molecule has 0 radical (unpaired) electrons. The molecule has 0 aliphatic heterocycles. The molecule has 0 aromatic heterocycles. The number of nitrogens with one attached hydrogen (secondary N) is 1. The molecule has 0 atom stereocenters. The lowest BCUT2D eigenvalue weighted by Crippen LogP contribution is -2.14. The van der Waals surface area contributed by atoms with Crippen molar-refractivity contribution in [3.63, 3.8) is 0 Å². The van der Waals surface area contributed by atoms with Gasteiger partial charge in [-0.2, -0.15) is 17.0 Å². The van der Waals surface area contributed by atoms with Crippen molar-refractivity contribution in [2.75, 3.05) is 18.6 Å². The molecule has 0 saturated carbocycles. The Morgan fingerprint density at radius 1 is 1.29 bits per heavy atom. The summed E-state index contributed by atoms with van der Waals surface area (Å²) >= 11 is 1.92. The third-order valence-electron chi connectivity index (χ3n) is 2.59. The molecule has 3 heteroatoms. The van der Waals surface area contributed by atoms with Crippen molar-refractivity contribution >= 4 is 11.8 Å². The molecule has 92 valence electrons. The average molecular weight is 248 g/mol. The van der Waals surface area contributed by atoms with Crippen molar-refractivity contribution in [2.24, 2.45) is 0 Å². The molecule has 0 amide bonds. The topological polar surface area (TPSA) is 35.8 Å². The van der Waals surface area contributed by atoms with Gasteiger partial charge in [-0.25, -0.2) is 0 Å². The number of hydrogen-bond donors (Lipinski definition) is 1. The second-order valence-corrected chi connectivity index (χ2v) is 5.03. The second kappa shape index (κ2) is 9.09. The summed E-state index contributed by atoms with van der Waals surface area (Å²) in [5.74, 6) is 1.27. The van der Waals surface area contributed by atoms with Crippen molar-refractivity contribution < 1.29 is 0 Å². The molecule has 17 heavy (non-hydrogen) atoms. The Hall–Kier alpha value is -0.980.